The molecule has 0 aliphatic carbocycles. The van der Waals surface area contributed by atoms with Gasteiger partial charge in [0.15, 0.2) is 0 Å². The lowest BCUT2D eigenvalue weighted by Gasteiger charge is -2.13. The molecule has 1 unspecified atom stereocenters. The van der Waals surface area contributed by atoms with E-state index in [0.717, 1.165) is 12.2 Å². The molecule has 1 atom stereocenters. The molecule has 1 aromatic carbocycles. The summed E-state index contributed by atoms with van der Waals surface area (Å²) in [5.41, 5.74) is 1.33. The maximum atomic E-state index is 4.19. The first-order chi connectivity index (χ1) is 7.84. The van der Waals surface area contributed by atoms with Crippen molar-refractivity contribution in [1.29, 1.82) is 0 Å². The van der Waals surface area contributed by atoms with Gasteiger partial charge in [-0.25, -0.2) is 4.98 Å². The van der Waals surface area contributed by atoms with Crippen molar-refractivity contribution in [2.75, 3.05) is 5.32 Å². The number of nitrogens with zero attached hydrogens (tertiary/aromatic N) is 2. The zero-order valence-corrected chi connectivity index (χ0v) is 9.30. The van der Waals surface area contributed by atoms with Gasteiger partial charge in [0, 0.05) is 18.4 Å². The van der Waals surface area contributed by atoms with Crippen LogP contribution in [0.3, 0.4) is 0 Å². The van der Waals surface area contributed by atoms with Gasteiger partial charge in [0.2, 0.25) is 0 Å². The number of anilines is 1. The van der Waals surface area contributed by atoms with Crippen molar-refractivity contribution < 1.29 is 0 Å². The van der Waals surface area contributed by atoms with Crippen LogP contribution in [0.25, 0.3) is 0 Å². The third-order valence-electron chi connectivity index (χ3n) is 2.34. The summed E-state index contributed by atoms with van der Waals surface area (Å²) in [5.74, 6) is 0.825. The van der Waals surface area contributed by atoms with Gasteiger partial charge in [-0.05, 0) is 18.9 Å². The number of benzene rings is 1. The highest BCUT2D eigenvalue weighted by atomic mass is 15.0. The first-order valence-electron chi connectivity index (χ1n) is 5.41. The van der Waals surface area contributed by atoms with Crippen LogP contribution in [0.2, 0.25) is 0 Å². The standard InChI is InChI=1S/C13H15N3/c1-11(9-12-5-3-2-4-6-12)16-13-10-14-7-8-15-13/h2-8,10-11H,9H2,1H3,(H,15,16). The highest BCUT2D eigenvalue weighted by Crippen LogP contribution is 2.07. The van der Waals surface area contributed by atoms with Crippen LogP contribution in [0.5, 0.6) is 0 Å². The first kappa shape index (κ1) is 10.6. The molecular formula is C13H15N3. The predicted octanol–water partition coefficient (Wildman–Crippen LogP) is 2.52. The van der Waals surface area contributed by atoms with Gasteiger partial charge in [-0.2, -0.15) is 0 Å². The molecule has 0 saturated carbocycles. The van der Waals surface area contributed by atoms with Crippen molar-refractivity contribution in [3.63, 3.8) is 0 Å². The molecule has 0 aliphatic heterocycles. The number of rotatable bonds is 4. The fourth-order valence-electron chi connectivity index (χ4n) is 1.64. The van der Waals surface area contributed by atoms with E-state index in [1.165, 1.54) is 5.56 Å². The Morgan fingerprint density at radius 1 is 1.19 bits per heavy atom. The molecule has 2 aromatic rings. The average Bonchev–Trinajstić information content (AvgIpc) is 2.31. The van der Waals surface area contributed by atoms with Gasteiger partial charge in [-0.3, -0.25) is 4.98 Å². The minimum absolute atomic E-state index is 0.346. The van der Waals surface area contributed by atoms with Gasteiger partial charge in [0.05, 0.1) is 6.20 Å². The van der Waals surface area contributed by atoms with E-state index < -0.39 is 0 Å². The van der Waals surface area contributed by atoms with E-state index in [-0.39, 0.29) is 0 Å². The monoisotopic (exact) mass is 213 g/mol. The largest absolute Gasteiger partial charge is 0.366 e. The Kier molecular flexibility index (Phi) is 3.49. The lowest BCUT2D eigenvalue weighted by molar-refractivity contribution is 0.783. The van der Waals surface area contributed by atoms with Gasteiger partial charge >= 0.3 is 0 Å². The topological polar surface area (TPSA) is 37.8 Å². The number of hydrogen-bond acceptors (Lipinski definition) is 3. The van der Waals surface area contributed by atoms with Gasteiger partial charge in [0.25, 0.3) is 0 Å². The van der Waals surface area contributed by atoms with Crippen molar-refractivity contribution in [2.45, 2.75) is 19.4 Å². The summed E-state index contributed by atoms with van der Waals surface area (Å²) in [4.78, 5) is 8.21. The van der Waals surface area contributed by atoms with Crippen LogP contribution in [-0.4, -0.2) is 16.0 Å². The van der Waals surface area contributed by atoms with Crippen LogP contribution in [0, 0.1) is 0 Å². The highest BCUT2D eigenvalue weighted by molar-refractivity contribution is 5.32. The molecule has 0 spiro atoms. The first-order valence-corrected chi connectivity index (χ1v) is 5.41. The van der Waals surface area contributed by atoms with E-state index in [2.05, 4.69) is 46.5 Å². The predicted molar refractivity (Wildman–Crippen MR) is 65.3 cm³/mol. The Balaban J connectivity index is 1.92. The Morgan fingerprint density at radius 3 is 2.69 bits per heavy atom. The van der Waals surface area contributed by atoms with E-state index in [4.69, 9.17) is 0 Å². The molecule has 0 aliphatic rings. The fourth-order valence-corrected chi connectivity index (χ4v) is 1.64. The fraction of sp³-hybridized carbons (Fsp3) is 0.231. The molecule has 3 nitrogen and oxygen atoms in total. The lowest BCUT2D eigenvalue weighted by atomic mass is 10.1. The van der Waals surface area contributed by atoms with Crippen molar-refractivity contribution in [3.05, 3.63) is 54.5 Å². The number of hydrogen-bond donors (Lipinski definition) is 1. The van der Waals surface area contributed by atoms with Gasteiger partial charge in [-0.15, -0.1) is 0 Å². The number of nitrogens with one attached hydrogen (secondary N) is 1. The van der Waals surface area contributed by atoms with Crippen LogP contribution < -0.4 is 5.32 Å². The molecule has 16 heavy (non-hydrogen) atoms. The van der Waals surface area contributed by atoms with Gasteiger partial charge < -0.3 is 5.32 Å². The molecule has 0 fully saturated rings. The van der Waals surface area contributed by atoms with E-state index in [1.807, 2.05) is 6.07 Å². The van der Waals surface area contributed by atoms with Crippen LogP contribution in [0.1, 0.15) is 12.5 Å². The second-order valence-electron chi connectivity index (χ2n) is 3.83. The summed E-state index contributed by atoms with van der Waals surface area (Å²) in [6.07, 6.45) is 6.09. The molecule has 0 radical (unpaired) electrons. The zero-order valence-electron chi connectivity index (χ0n) is 9.30. The summed E-state index contributed by atoms with van der Waals surface area (Å²) < 4.78 is 0. The molecule has 1 aromatic heterocycles. The third-order valence-corrected chi connectivity index (χ3v) is 2.34. The molecule has 2 rings (SSSR count). The molecule has 82 valence electrons. The van der Waals surface area contributed by atoms with Crippen LogP contribution >= 0.6 is 0 Å². The van der Waals surface area contributed by atoms with E-state index >= 15 is 0 Å². The molecule has 0 bridgehead atoms. The second-order valence-corrected chi connectivity index (χ2v) is 3.83. The van der Waals surface area contributed by atoms with Crippen molar-refractivity contribution in [2.24, 2.45) is 0 Å². The Hall–Kier alpha value is -1.90. The summed E-state index contributed by atoms with van der Waals surface area (Å²) in [6.45, 7) is 2.14. The van der Waals surface area contributed by atoms with Crippen LogP contribution in [0.15, 0.2) is 48.9 Å². The molecule has 1 N–H and O–H groups in total. The molecule has 0 amide bonds. The van der Waals surface area contributed by atoms with Crippen LogP contribution in [-0.2, 0) is 6.42 Å². The lowest BCUT2D eigenvalue weighted by Crippen LogP contribution is -2.18. The van der Waals surface area contributed by atoms with Crippen molar-refractivity contribution >= 4 is 5.82 Å². The van der Waals surface area contributed by atoms with E-state index in [1.54, 1.807) is 18.6 Å². The normalized spacial score (nSPS) is 12.1. The summed E-state index contributed by atoms with van der Waals surface area (Å²) in [6, 6.07) is 10.8. The molecule has 1 heterocycles. The van der Waals surface area contributed by atoms with Gasteiger partial charge in [0.1, 0.15) is 5.82 Å². The maximum Gasteiger partial charge on any atom is 0.144 e. The highest BCUT2D eigenvalue weighted by Gasteiger charge is 2.03. The molecular weight excluding hydrogens is 198 g/mol. The third kappa shape index (κ3) is 3.05. The summed E-state index contributed by atoms with van der Waals surface area (Å²) in [7, 11) is 0. The van der Waals surface area contributed by atoms with Gasteiger partial charge in [-0.1, -0.05) is 30.3 Å². The average molecular weight is 213 g/mol. The minimum atomic E-state index is 0.346. The summed E-state index contributed by atoms with van der Waals surface area (Å²) in [5, 5.41) is 3.32. The van der Waals surface area contributed by atoms with E-state index in [0.29, 0.717) is 6.04 Å². The molecule has 3 heteroatoms. The Bertz CT molecular complexity index is 372. The Labute approximate surface area is 95.6 Å². The quantitative estimate of drug-likeness (QED) is 0.848. The van der Waals surface area contributed by atoms with Crippen LogP contribution in [0.4, 0.5) is 5.82 Å². The minimum Gasteiger partial charge on any atom is -0.366 e. The number of aromatic nitrogens is 2. The zero-order chi connectivity index (χ0) is 11.2. The SMILES string of the molecule is CC(Cc1ccccc1)Nc1cnccn1. The molecule has 0 saturated heterocycles. The van der Waals surface area contributed by atoms with Crippen molar-refractivity contribution in [1.82, 2.24) is 9.97 Å². The van der Waals surface area contributed by atoms with E-state index in [9.17, 15) is 0 Å². The maximum absolute atomic E-state index is 4.19. The second kappa shape index (κ2) is 5.26. The van der Waals surface area contributed by atoms with Crippen molar-refractivity contribution in [3.8, 4) is 0 Å². The Morgan fingerprint density at radius 2 is 2.00 bits per heavy atom. The smallest absolute Gasteiger partial charge is 0.144 e. The summed E-state index contributed by atoms with van der Waals surface area (Å²) >= 11 is 0.